The molecule has 0 aliphatic carbocycles. The van der Waals surface area contributed by atoms with Gasteiger partial charge in [-0.25, -0.2) is 0 Å². The molecule has 2 atom stereocenters. The molecule has 1 aromatic heterocycles. The summed E-state index contributed by atoms with van der Waals surface area (Å²) in [5, 5.41) is 9.79. The highest BCUT2D eigenvalue weighted by Crippen LogP contribution is 2.29. The van der Waals surface area contributed by atoms with E-state index in [4.69, 9.17) is 0 Å². The Kier molecular flexibility index (Phi) is 2.80. The molecule has 3 rings (SSSR count). The number of piperidine rings is 1. The van der Waals surface area contributed by atoms with Crippen LogP contribution in [-0.4, -0.2) is 46.0 Å². The topological polar surface area (TPSA) is 78.1 Å². The zero-order valence-corrected chi connectivity index (χ0v) is 11.2. The van der Waals surface area contributed by atoms with Crippen molar-refractivity contribution in [1.82, 2.24) is 20.4 Å². The molecule has 1 aromatic rings. The van der Waals surface area contributed by atoms with Gasteiger partial charge < -0.3 is 10.2 Å². The maximum absolute atomic E-state index is 12.7. The van der Waals surface area contributed by atoms with Crippen LogP contribution in [0.2, 0.25) is 0 Å². The fraction of sp³-hybridized carbons (Fsp3) is 0.615. The number of H-pyrrole nitrogens is 1. The average Bonchev–Trinajstić information content (AvgIpc) is 2.93. The van der Waals surface area contributed by atoms with Gasteiger partial charge in [0.15, 0.2) is 0 Å². The number of hydrogen-bond donors (Lipinski definition) is 2. The van der Waals surface area contributed by atoms with Gasteiger partial charge in [0.1, 0.15) is 0 Å². The lowest BCUT2D eigenvalue weighted by atomic mass is 9.91. The standard InChI is InChI=1S/C13H18N4O2/c1-7-11(8(2)16-15-7)13(19)17-5-3-4-9-10(17)6-14-12(9)18/h9-10H,3-6H2,1-2H3,(H,14,18)(H,15,16). The van der Waals surface area contributed by atoms with Gasteiger partial charge in [0.2, 0.25) is 5.91 Å². The number of rotatable bonds is 1. The highest BCUT2D eigenvalue weighted by molar-refractivity contribution is 5.97. The van der Waals surface area contributed by atoms with Gasteiger partial charge in [-0.05, 0) is 26.7 Å². The third-order valence-electron chi connectivity index (χ3n) is 4.20. The monoisotopic (exact) mass is 262 g/mol. The largest absolute Gasteiger partial charge is 0.354 e. The van der Waals surface area contributed by atoms with Crippen LogP contribution in [0.4, 0.5) is 0 Å². The van der Waals surface area contributed by atoms with E-state index in [1.807, 2.05) is 18.7 Å². The molecular formula is C13H18N4O2. The molecule has 2 fully saturated rings. The lowest BCUT2D eigenvalue weighted by Crippen LogP contribution is -2.48. The van der Waals surface area contributed by atoms with E-state index in [9.17, 15) is 9.59 Å². The van der Waals surface area contributed by atoms with Gasteiger partial charge in [0.25, 0.3) is 5.91 Å². The SMILES string of the molecule is Cc1n[nH]c(C)c1C(=O)N1CCCC2C(=O)NCC21. The van der Waals surface area contributed by atoms with Crippen molar-refractivity contribution in [3.8, 4) is 0 Å². The number of carbonyl (C=O) groups is 2. The Hall–Kier alpha value is -1.85. The zero-order chi connectivity index (χ0) is 13.6. The second kappa shape index (κ2) is 4.36. The van der Waals surface area contributed by atoms with Crippen molar-refractivity contribution in [2.75, 3.05) is 13.1 Å². The molecule has 19 heavy (non-hydrogen) atoms. The second-order valence-electron chi connectivity index (χ2n) is 5.37. The number of carbonyl (C=O) groups excluding carboxylic acids is 2. The molecule has 6 heteroatoms. The maximum Gasteiger partial charge on any atom is 0.257 e. The van der Waals surface area contributed by atoms with Crippen molar-refractivity contribution >= 4 is 11.8 Å². The lowest BCUT2D eigenvalue weighted by Gasteiger charge is -2.36. The third kappa shape index (κ3) is 1.82. The van der Waals surface area contributed by atoms with Crippen LogP contribution in [0.3, 0.4) is 0 Å². The van der Waals surface area contributed by atoms with E-state index in [2.05, 4.69) is 15.5 Å². The van der Waals surface area contributed by atoms with Gasteiger partial charge in [-0.1, -0.05) is 0 Å². The number of fused-ring (bicyclic) bond motifs is 1. The predicted molar refractivity (Wildman–Crippen MR) is 68.6 cm³/mol. The zero-order valence-electron chi connectivity index (χ0n) is 11.2. The number of hydrogen-bond acceptors (Lipinski definition) is 3. The Morgan fingerprint density at radius 1 is 1.42 bits per heavy atom. The maximum atomic E-state index is 12.7. The molecule has 2 N–H and O–H groups in total. The number of nitrogens with one attached hydrogen (secondary N) is 2. The summed E-state index contributed by atoms with van der Waals surface area (Å²) in [7, 11) is 0. The Bertz CT molecular complexity index is 517. The van der Waals surface area contributed by atoms with E-state index in [1.54, 1.807) is 0 Å². The first-order valence-electron chi connectivity index (χ1n) is 6.70. The van der Waals surface area contributed by atoms with Crippen LogP contribution in [0.5, 0.6) is 0 Å². The van der Waals surface area contributed by atoms with Crippen LogP contribution in [0, 0.1) is 19.8 Å². The fourth-order valence-electron chi connectivity index (χ4n) is 3.21. The van der Waals surface area contributed by atoms with Crippen molar-refractivity contribution in [3.63, 3.8) is 0 Å². The highest BCUT2D eigenvalue weighted by Gasteiger charge is 2.43. The summed E-state index contributed by atoms with van der Waals surface area (Å²) in [6, 6.07) is 0.00227. The smallest absolute Gasteiger partial charge is 0.257 e. The molecule has 102 valence electrons. The molecule has 0 radical (unpaired) electrons. The van der Waals surface area contributed by atoms with Crippen molar-refractivity contribution in [1.29, 1.82) is 0 Å². The summed E-state index contributed by atoms with van der Waals surface area (Å²) in [6.07, 6.45) is 1.76. The number of nitrogens with zero attached hydrogens (tertiary/aromatic N) is 2. The molecule has 0 bridgehead atoms. The summed E-state index contributed by atoms with van der Waals surface area (Å²) in [4.78, 5) is 26.3. The second-order valence-corrected chi connectivity index (χ2v) is 5.37. The molecule has 6 nitrogen and oxygen atoms in total. The van der Waals surface area contributed by atoms with Gasteiger partial charge in [-0.15, -0.1) is 0 Å². The van der Waals surface area contributed by atoms with Crippen molar-refractivity contribution in [3.05, 3.63) is 17.0 Å². The van der Waals surface area contributed by atoms with Gasteiger partial charge >= 0.3 is 0 Å². The quantitative estimate of drug-likeness (QED) is 0.768. The first-order valence-corrected chi connectivity index (χ1v) is 6.70. The van der Waals surface area contributed by atoms with E-state index in [0.29, 0.717) is 12.1 Å². The minimum absolute atomic E-state index is 0.00227. The highest BCUT2D eigenvalue weighted by atomic mass is 16.2. The minimum atomic E-state index is -0.0368. The number of aromatic amines is 1. The molecule has 0 aromatic carbocycles. The van der Waals surface area contributed by atoms with Crippen molar-refractivity contribution in [2.45, 2.75) is 32.7 Å². The summed E-state index contributed by atoms with van der Waals surface area (Å²) < 4.78 is 0. The van der Waals surface area contributed by atoms with Crippen LogP contribution in [0.25, 0.3) is 0 Å². The molecule has 0 spiro atoms. The number of aryl methyl sites for hydroxylation is 2. The molecular weight excluding hydrogens is 244 g/mol. The van der Waals surface area contributed by atoms with Gasteiger partial charge in [0, 0.05) is 18.8 Å². The third-order valence-corrected chi connectivity index (χ3v) is 4.20. The van der Waals surface area contributed by atoms with E-state index in [-0.39, 0.29) is 23.8 Å². The average molecular weight is 262 g/mol. The molecule has 0 saturated carbocycles. The summed E-state index contributed by atoms with van der Waals surface area (Å²) in [5.41, 5.74) is 2.17. The first-order chi connectivity index (χ1) is 9.09. The minimum Gasteiger partial charge on any atom is -0.354 e. The summed E-state index contributed by atoms with van der Waals surface area (Å²) >= 11 is 0. The Morgan fingerprint density at radius 2 is 2.21 bits per heavy atom. The molecule has 2 aliphatic rings. The molecule has 2 saturated heterocycles. The molecule has 2 aliphatic heterocycles. The number of amides is 2. The first kappa shape index (κ1) is 12.2. The van der Waals surface area contributed by atoms with Crippen LogP contribution in [-0.2, 0) is 4.79 Å². The lowest BCUT2D eigenvalue weighted by molar-refractivity contribution is -0.123. The van der Waals surface area contributed by atoms with Crippen LogP contribution in [0.1, 0.15) is 34.6 Å². The predicted octanol–water partition coefficient (Wildman–Crippen LogP) is 0.377. The van der Waals surface area contributed by atoms with Crippen molar-refractivity contribution < 1.29 is 9.59 Å². The molecule has 2 amide bonds. The van der Waals surface area contributed by atoms with Gasteiger partial charge in [-0.2, -0.15) is 5.10 Å². The van der Waals surface area contributed by atoms with Gasteiger partial charge in [0.05, 0.1) is 23.2 Å². The fourth-order valence-corrected chi connectivity index (χ4v) is 3.21. The van der Waals surface area contributed by atoms with E-state index in [1.165, 1.54) is 0 Å². The molecule has 3 heterocycles. The van der Waals surface area contributed by atoms with Crippen molar-refractivity contribution in [2.24, 2.45) is 5.92 Å². The Labute approximate surface area is 111 Å². The number of likely N-dealkylation sites (tertiary alicyclic amines) is 1. The Balaban J connectivity index is 1.89. The number of aromatic nitrogens is 2. The van der Waals surface area contributed by atoms with Gasteiger partial charge in [-0.3, -0.25) is 14.7 Å². The van der Waals surface area contributed by atoms with Crippen LogP contribution < -0.4 is 5.32 Å². The summed E-state index contributed by atoms with van der Waals surface area (Å²) in [5.74, 6) is 0.0447. The van der Waals surface area contributed by atoms with E-state index < -0.39 is 0 Å². The van der Waals surface area contributed by atoms with Crippen LogP contribution in [0.15, 0.2) is 0 Å². The Morgan fingerprint density at radius 3 is 2.89 bits per heavy atom. The van der Waals surface area contributed by atoms with E-state index in [0.717, 1.165) is 30.8 Å². The molecule has 2 unspecified atom stereocenters. The van der Waals surface area contributed by atoms with E-state index >= 15 is 0 Å². The van der Waals surface area contributed by atoms with Crippen LogP contribution >= 0.6 is 0 Å². The summed E-state index contributed by atoms with van der Waals surface area (Å²) in [6.45, 7) is 4.98. The normalized spacial score (nSPS) is 26.2.